The molecule has 0 saturated heterocycles. The number of carboxylic acid groups (broad SMARTS) is 1. The molecule has 1 amide bonds. The lowest BCUT2D eigenvalue weighted by Gasteiger charge is -2.32. The van der Waals surface area contributed by atoms with E-state index in [1.54, 1.807) is 12.1 Å². The van der Waals surface area contributed by atoms with Gasteiger partial charge >= 0.3 is 5.97 Å². The Balaban J connectivity index is 1.96. The molecule has 0 spiro atoms. The molecule has 0 saturated carbocycles. The molecule has 2 atom stereocenters. The van der Waals surface area contributed by atoms with Crippen LogP contribution in [0, 0.1) is 0 Å². The number of amides is 1. The van der Waals surface area contributed by atoms with Crippen LogP contribution in [0.2, 0.25) is 10.0 Å². The van der Waals surface area contributed by atoms with Crippen molar-refractivity contribution in [3.8, 4) is 0 Å². The molecule has 5 nitrogen and oxygen atoms in total. The highest BCUT2D eigenvalue weighted by molar-refractivity contribution is 6.42. The number of carboxylic acids is 1. The lowest BCUT2D eigenvalue weighted by molar-refractivity contribution is -0.135. The van der Waals surface area contributed by atoms with E-state index in [1.807, 2.05) is 31.3 Å². The highest BCUT2D eigenvalue weighted by Crippen LogP contribution is 2.42. The Kier molecular flexibility index (Phi) is 6.05. The van der Waals surface area contributed by atoms with Gasteiger partial charge in [-0.05, 0) is 60.8 Å². The molecular formula is C20H20Cl2N2O3. The van der Waals surface area contributed by atoms with Gasteiger partial charge < -0.3 is 15.7 Å². The molecule has 2 aromatic rings. The van der Waals surface area contributed by atoms with Crippen LogP contribution in [-0.4, -0.2) is 30.6 Å². The molecule has 0 aliphatic heterocycles. The number of benzene rings is 2. The molecule has 0 aromatic heterocycles. The molecule has 0 bridgehead atoms. The minimum Gasteiger partial charge on any atom is -0.480 e. The van der Waals surface area contributed by atoms with Gasteiger partial charge in [0.25, 0.3) is 5.91 Å². The highest BCUT2D eigenvalue weighted by atomic mass is 35.5. The van der Waals surface area contributed by atoms with Crippen molar-refractivity contribution in [2.24, 2.45) is 0 Å². The number of hydrogen-bond acceptors (Lipinski definition) is 3. The lowest BCUT2D eigenvalue weighted by atomic mass is 9.76. The van der Waals surface area contributed by atoms with E-state index in [4.69, 9.17) is 28.3 Å². The van der Waals surface area contributed by atoms with Gasteiger partial charge in [0.2, 0.25) is 0 Å². The average Bonchev–Trinajstić information content (AvgIpc) is 2.67. The number of nitrogens with one attached hydrogen (secondary N) is 2. The van der Waals surface area contributed by atoms with Gasteiger partial charge in [0, 0.05) is 17.5 Å². The second kappa shape index (κ2) is 8.30. The van der Waals surface area contributed by atoms with Crippen molar-refractivity contribution in [2.75, 3.05) is 13.6 Å². The molecule has 3 N–H and O–H groups in total. The number of rotatable bonds is 5. The molecule has 0 unspecified atom stereocenters. The van der Waals surface area contributed by atoms with Gasteiger partial charge in [0.15, 0.2) is 0 Å². The van der Waals surface area contributed by atoms with E-state index >= 15 is 0 Å². The molecule has 27 heavy (non-hydrogen) atoms. The SMILES string of the molecule is CN[C@H]1CC[C@@H](c2ccc(Cl)c(Cl)c2)c2ccc(C(=O)NCC(=O)O)cc21. The van der Waals surface area contributed by atoms with Crippen molar-refractivity contribution >= 4 is 35.1 Å². The molecule has 142 valence electrons. The van der Waals surface area contributed by atoms with E-state index in [0.29, 0.717) is 15.6 Å². The Hall–Kier alpha value is -2.08. The van der Waals surface area contributed by atoms with Gasteiger partial charge in [-0.2, -0.15) is 0 Å². The molecule has 0 heterocycles. The standard InChI is InChI=1S/C20H20Cl2N2O3/c1-23-18-7-5-13(11-3-6-16(21)17(22)9-11)14-4-2-12(8-15(14)18)20(27)24-10-19(25)26/h2-4,6,8-9,13,18,23H,5,7,10H2,1H3,(H,24,27)(H,25,26)/t13-,18-/m0/s1. The van der Waals surface area contributed by atoms with Crippen molar-refractivity contribution in [3.05, 3.63) is 68.7 Å². The van der Waals surface area contributed by atoms with Crippen molar-refractivity contribution in [3.63, 3.8) is 0 Å². The summed E-state index contributed by atoms with van der Waals surface area (Å²) in [6, 6.07) is 11.3. The number of hydrogen-bond donors (Lipinski definition) is 3. The predicted octanol–water partition coefficient (Wildman–Crippen LogP) is 3.99. The Morgan fingerprint density at radius 2 is 1.85 bits per heavy atom. The summed E-state index contributed by atoms with van der Waals surface area (Å²) >= 11 is 12.2. The van der Waals surface area contributed by atoms with Gasteiger partial charge in [-0.25, -0.2) is 0 Å². The minimum absolute atomic E-state index is 0.131. The van der Waals surface area contributed by atoms with Gasteiger partial charge in [-0.1, -0.05) is 35.3 Å². The van der Waals surface area contributed by atoms with E-state index in [9.17, 15) is 9.59 Å². The maximum Gasteiger partial charge on any atom is 0.322 e. The molecule has 1 aliphatic rings. The third kappa shape index (κ3) is 4.26. The molecule has 1 aliphatic carbocycles. The molecule has 0 radical (unpaired) electrons. The molecule has 7 heteroatoms. The smallest absolute Gasteiger partial charge is 0.322 e. The highest BCUT2D eigenvalue weighted by Gasteiger charge is 2.28. The van der Waals surface area contributed by atoms with Gasteiger partial charge in [-0.3, -0.25) is 9.59 Å². The molecule has 3 rings (SSSR count). The van der Waals surface area contributed by atoms with Crippen LogP contribution >= 0.6 is 23.2 Å². The first-order valence-electron chi connectivity index (χ1n) is 8.66. The third-order valence-corrected chi connectivity index (χ3v) is 5.68. The first kappa shape index (κ1) is 19.7. The summed E-state index contributed by atoms with van der Waals surface area (Å²) in [5.41, 5.74) is 3.71. The van der Waals surface area contributed by atoms with E-state index < -0.39 is 18.4 Å². The van der Waals surface area contributed by atoms with E-state index in [1.165, 1.54) is 0 Å². The van der Waals surface area contributed by atoms with Gasteiger partial charge in [0.1, 0.15) is 6.54 Å². The Morgan fingerprint density at radius 1 is 1.07 bits per heavy atom. The Bertz CT molecular complexity index is 886. The first-order chi connectivity index (χ1) is 12.9. The fourth-order valence-corrected chi connectivity index (χ4v) is 3.92. The van der Waals surface area contributed by atoms with E-state index in [-0.39, 0.29) is 12.0 Å². The predicted molar refractivity (Wildman–Crippen MR) is 106 cm³/mol. The summed E-state index contributed by atoms with van der Waals surface area (Å²) in [4.78, 5) is 22.9. The van der Waals surface area contributed by atoms with Crippen molar-refractivity contribution in [1.29, 1.82) is 0 Å². The number of carbonyl (C=O) groups is 2. The quantitative estimate of drug-likeness (QED) is 0.700. The summed E-state index contributed by atoms with van der Waals surface area (Å²) in [5, 5.41) is 15.5. The van der Waals surface area contributed by atoms with Crippen molar-refractivity contribution in [1.82, 2.24) is 10.6 Å². The summed E-state index contributed by atoms with van der Waals surface area (Å²) < 4.78 is 0. The summed E-state index contributed by atoms with van der Waals surface area (Å²) in [6.07, 6.45) is 1.86. The summed E-state index contributed by atoms with van der Waals surface area (Å²) in [5.74, 6) is -1.31. The zero-order valence-corrected chi connectivity index (χ0v) is 16.3. The van der Waals surface area contributed by atoms with Crippen LogP contribution in [0.15, 0.2) is 36.4 Å². The maximum absolute atomic E-state index is 12.2. The zero-order valence-electron chi connectivity index (χ0n) is 14.8. The normalized spacial score (nSPS) is 18.6. The maximum atomic E-state index is 12.2. The van der Waals surface area contributed by atoms with Crippen LogP contribution in [-0.2, 0) is 4.79 Å². The summed E-state index contributed by atoms with van der Waals surface area (Å²) in [7, 11) is 1.89. The Morgan fingerprint density at radius 3 is 2.52 bits per heavy atom. The zero-order chi connectivity index (χ0) is 19.6. The van der Waals surface area contributed by atoms with E-state index in [2.05, 4.69) is 10.6 Å². The molecular weight excluding hydrogens is 387 g/mol. The number of carbonyl (C=O) groups excluding carboxylic acids is 1. The van der Waals surface area contributed by atoms with E-state index in [0.717, 1.165) is 29.5 Å². The van der Waals surface area contributed by atoms with Crippen LogP contribution in [0.25, 0.3) is 0 Å². The number of halogens is 2. The minimum atomic E-state index is -1.07. The van der Waals surface area contributed by atoms with Crippen LogP contribution in [0.1, 0.15) is 51.8 Å². The van der Waals surface area contributed by atoms with Crippen LogP contribution < -0.4 is 10.6 Å². The number of aliphatic carboxylic acids is 1. The second-order valence-corrected chi connectivity index (χ2v) is 7.38. The topological polar surface area (TPSA) is 78.4 Å². The van der Waals surface area contributed by atoms with Gasteiger partial charge in [0.05, 0.1) is 10.0 Å². The second-order valence-electron chi connectivity index (χ2n) is 6.56. The number of fused-ring (bicyclic) bond motifs is 1. The molecule has 0 fully saturated rings. The van der Waals surface area contributed by atoms with Crippen molar-refractivity contribution in [2.45, 2.75) is 24.8 Å². The van der Waals surface area contributed by atoms with Crippen LogP contribution in [0.4, 0.5) is 0 Å². The largest absolute Gasteiger partial charge is 0.480 e. The third-order valence-electron chi connectivity index (χ3n) is 4.94. The summed E-state index contributed by atoms with van der Waals surface area (Å²) in [6.45, 7) is -0.405. The lowest BCUT2D eigenvalue weighted by Crippen LogP contribution is -2.30. The van der Waals surface area contributed by atoms with Crippen molar-refractivity contribution < 1.29 is 14.7 Å². The Labute approximate surface area is 167 Å². The fourth-order valence-electron chi connectivity index (χ4n) is 3.61. The van der Waals surface area contributed by atoms with Gasteiger partial charge in [-0.15, -0.1) is 0 Å². The average molecular weight is 407 g/mol. The monoisotopic (exact) mass is 406 g/mol. The van der Waals surface area contributed by atoms with Crippen LogP contribution in [0.3, 0.4) is 0 Å². The fraction of sp³-hybridized carbons (Fsp3) is 0.300. The first-order valence-corrected chi connectivity index (χ1v) is 9.42. The molecule has 2 aromatic carbocycles. The van der Waals surface area contributed by atoms with Crippen LogP contribution in [0.5, 0.6) is 0 Å².